The van der Waals surface area contributed by atoms with Crippen LogP contribution in [0.25, 0.3) is 10.9 Å². The number of aromatic amines is 1. The van der Waals surface area contributed by atoms with Crippen molar-refractivity contribution in [1.29, 1.82) is 0 Å². The average Bonchev–Trinajstić information content (AvgIpc) is 2.87. The number of rotatable bonds is 2. The molecule has 0 saturated heterocycles. The van der Waals surface area contributed by atoms with Gasteiger partial charge in [0, 0.05) is 18.5 Å². The molecule has 5 heteroatoms. The molecule has 0 saturated carbocycles. The number of nitrogens with two attached hydrogens (primary N) is 1. The van der Waals surface area contributed by atoms with E-state index in [0.29, 0.717) is 13.0 Å². The quantitative estimate of drug-likeness (QED) is 0.893. The lowest BCUT2D eigenvalue weighted by atomic mass is 9.92. The molecule has 1 aliphatic rings. The van der Waals surface area contributed by atoms with Crippen LogP contribution in [0.4, 0.5) is 0 Å². The van der Waals surface area contributed by atoms with E-state index in [0.717, 1.165) is 29.4 Å². The largest absolute Gasteiger partial charge is 0.337 e. The molecule has 0 spiro atoms. The van der Waals surface area contributed by atoms with Gasteiger partial charge in [0.25, 0.3) is 0 Å². The topological polar surface area (TPSA) is 75.0 Å². The summed E-state index contributed by atoms with van der Waals surface area (Å²) in [7, 11) is 0. The Balaban J connectivity index is 1.96. The van der Waals surface area contributed by atoms with Gasteiger partial charge in [-0.1, -0.05) is 26.8 Å². The molecule has 0 bridgehead atoms. The molecule has 0 aliphatic carbocycles. The van der Waals surface area contributed by atoms with Crippen LogP contribution in [0.2, 0.25) is 0 Å². The van der Waals surface area contributed by atoms with Crippen LogP contribution in [0.15, 0.2) is 18.3 Å². The molecular formula is C17H24N4O. The van der Waals surface area contributed by atoms with Gasteiger partial charge < -0.3 is 10.6 Å². The fraction of sp³-hybridized carbons (Fsp3) is 0.529. The van der Waals surface area contributed by atoms with Crippen molar-refractivity contribution in [3.8, 4) is 0 Å². The number of carbonyl (C=O) groups is 1. The molecule has 1 aliphatic heterocycles. The van der Waals surface area contributed by atoms with Crippen molar-refractivity contribution in [1.82, 2.24) is 15.1 Å². The summed E-state index contributed by atoms with van der Waals surface area (Å²) >= 11 is 0. The van der Waals surface area contributed by atoms with E-state index in [9.17, 15) is 4.79 Å². The van der Waals surface area contributed by atoms with E-state index in [1.54, 1.807) is 0 Å². The van der Waals surface area contributed by atoms with Crippen molar-refractivity contribution in [3.05, 3.63) is 29.5 Å². The molecular weight excluding hydrogens is 276 g/mol. The van der Waals surface area contributed by atoms with Gasteiger partial charge in [0.1, 0.15) is 0 Å². The molecule has 3 rings (SSSR count). The summed E-state index contributed by atoms with van der Waals surface area (Å²) < 4.78 is 0. The predicted molar refractivity (Wildman–Crippen MR) is 87.3 cm³/mol. The van der Waals surface area contributed by atoms with Crippen LogP contribution in [0, 0.1) is 5.41 Å². The summed E-state index contributed by atoms with van der Waals surface area (Å²) in [6, 6.07) is 3.63. The first-order valence-electron chi connectivity index (χ1n) is 7.83. The molecule has 1 aromatic heterocycles. The third-order valence-electron chi connectivity index (χ3n) is 4.38. The number of nitrogens with one attached hydrogen (secondary N) is 1. The summed E-state index contributed by atoms with van der Waals surface area (Å²) in [5.41, 5.74) is 9.68. The molecule has 1 amide bonds. The van der Waals surface area contributed by atoms with Crippen LogP contribution in [-0.4, -0.2) is 33.6 Å². The minimum atomic E-state index is -0.453. The Labute approximate surface area is 130 Å². The lowest BCUT2D eigenvalue weighted by molar-refractivity contribution is -0.133. The molecule has 0 radical (unpaired) electrons. The molecule has 1 aromatic carbocycles. The second-order valence-electron chi connectivity index (χ2n) is 7.42. The lowest BCUT2D eigenvalue weighted by Gasteiger charge is -2.27. The lowest BCUT2D eigenvalue weighted by Crippen LogP contribution is -2.43. The van der Waals surface area contributed by atoms with Crippen LogP contribution in [0.3, 0.4) is 0 Å². The number of hydrogen-bond acceptors (Lipinski definition) is 3. The van der Waals surface area contributed by atoms with Gasteiger partial charge in [0.15, 0.2) is 0 Å². The van der Waals surface area contributed by atoms with E-state index < -0.39 is 6.04 Å². The number of hydrogen-bond donors (Lipinski definition) is 2. The van der Waals surface area contributed by atoms with Gasteiger partial charge in [-0.25, -0.2) is 0 Å². The Morgan fingerprint density at radius 1 is 1.41 bits per heavy atom. The summed E-state index contributed by atoms with van der Waals surface area (Å²) in [6.45, 7) is 7.94. The van der Waals surface area contributed by atoms with Gasteiger partial charge in [-0.05, 0) is 35.4 Å². The number of carbonyl (C=O) groups excluding carboxylic acids is 1. The summed E-state index contributed by atoms with van der Waals surface area (Å²) in [4.78, 5) is 14.5. The monoisotopic (exact) mass is 300 g/mol. The van der Waals surface area contributed by atoms with E-state index in [-0.39, 0.29) is 11.3 Å². The van der Waals surface area contributed by atoms with Gasteiger partial charge >= 0.3 is 0 Å². The van der Waals surface area contributed by atoms with Crippen molar-refractivity contribution < 1.29 is 4.79 Å². The molecule has 118 valence electrons. The highest BCUT2D eigenvalue weighted by Crippen LogP contribution is 2.28. The smallest absolute Gasteiger partial charge is 0.240 e. The molecule has 0 fully saturated rings. The molecule has 2 heterocycles. The number of aromatic nitrogens is 2. The van der Waals surface area contributed by atoms with Crippen molar-refractivity contribution in [3.63, 3.8) is 0 Å². The standard InChI is InChI=1S/C17H24N4O/c1-17(2,3)6-7-21-10-13-11(8-14(18)16(21)22)4-5-15-12(13)9-19-20-15/h4-5,9,14H,6-8,10,18H2,1-3H3,(H,19,20). The Hall–Kier alpha value is -1.88. The first kappa shape index (κ1) is 15.0. The van der Waals surface area contributed by atoms with Crippen LogP contribution in [0.1, 0.15) is 38.3 Å². The van der Waals surface area contributed by atoms with Gasteiger partial charge in [-0.3, -0.25) is 9.89 Å². The third kappa shape index (κ3) is 2.86. The van der Waals surface area contributed by atoms with Crippen LogP contribution < -0.4 is 5.73 Å². The number of fused-ring (bicyclic) bond motifs is 3. The Morgan fingerprint density at radius 2 is 2.18 bits per heavy atom. The number of benzene rings is 1. The SMILES string of the molecule is CC(C)(C)CCN1Cc2c(ccc3[nH]ncc23)CC(N)C1=O. The maximum Gasteiger partial charge on any atom is 0.240 e. The zero-order valence-corrected chi connectivity index (χ0v) is 13.5. The molecule has 22 heavy (non-hydrogen) atoms. The van der Waals surface area contributed by atoms with Crippen LogP contribution in [0.5, 0.6) is 0 Å². The van der Waals surface area contributed by atoms with Gasteiger partial charge in [0.2, 0.25) is 5.91 Å². The van der Waals surface area contributed by atoms with Gasteiger partial charge in [-0.15, -0.1) is 0 Å². The molecule has 1 unspecified atom stereocenters. The Bertz CT molecular complexity index is 698. The van der Waals surface area contributed by atoms with Crippen molar-refractivity contribution in [2.45, 2.75) is 46.2 Å². The van der Waals surface area contributed by atoms with Crippen LogP contribution in [-0.2, 0) is 17.8 Å². The Kier molecular flexibility index (Phi) is 3.68. The molecule has 5 nitrogen and oxygen atoms in total. The normalized spacial score (nSPS) is 19.4. The first-order chi connectivity index (χ1) is 10.3. The minimum absolute atomic E-state index is 0.0529. The van der Waals surface area contributed by atoms with Crippen molar-refractivity contribution in [2.75, 3.05) is 6.54 Å². The summed E-state index contributed by atoms with van der Waals surface area (Å²) in [5.74, 6) is 0.0529. The molecule has 2 aromatic rings. The van der Waals surface area contributed by atoms with Crippen molar-refractivity contribution in [2.24, 2.45) is 11.1 Å². The Morgan fingerprint density at radius 3 is 2.91 bits per heavy atom. The van der Waals surface area contributed by atoms with E-state index in [4.69, 9.17) is 5.73 Å². The zero-order valence-electron chi connectivity index (χ0n) is 13.5. The molecule has 3 N–H and O–H groups in total. The molecule has 1 atom stereocenters. The predicted octanol–water partition coefficient (Wildman–Crippen LogP) is 2.21. The summed E-state index contributed by atoms with van der Waals surface area (Å²) in [6.07, 6.45) is 3.40. The van der Waals surface area contributed by atoms with E-state index >= 15 is 0 Å². The highest BCUT2D eigenvalue weighted by molar-refractivity contribution is 5.87. The highest BCUT2D eigenvalue weighted by Gasteiger charge is 2.28. The summed E-state index contributed by atoms with van der Waals surface area (Å²) in [5, 5.41) is 8.22. The number of amides is 1. The minimum Gasteiger partial charge on any atom is -0.337 e. The second-order valence-corrected chi connectivity index (χ2v) is 7.42. The average molecular weight is 300 g/mol. The van der Waals surface area contributed by atoms with Gasteiger partial charge in [-0.2, -0.15) is 5.10 Å². The maximum atomic E-state index is 12.6. The first-order valence-corrected chi connectivity index (χ1v) is 7.83. The fourth-order valence-electron chi connectivity index (χ4n) is 2.99. The zero-order chi connectivity index (χ0) is 15.9. The maximum absolute atomic E-state index is 12.6. The van der Waals surface area contributed by atoms with Gasteiger partial charge in [0.05, 0.1) is 17.8 Å². The second kappa shape index (κ2) is 5.39. The number of H-pyrrole nitrogens is 1. The van der Waals surface area contributed by atoms with Crippen LogP contribution >= 0.6 is 0 Å². The van der Waals surface area contributed by atoms with E-state index in [1.165, 1.54) is 5.56 Å². The third-order valence-corrected chi connectivity index (χ3v) is 4.38. The van der Waals surface area contributed by atoms with E-state index in [1.807, 2.05) is 17.2 Å². The number of nitrogens with zero attached hydrogens (tertiary/aromatic N) is 2. The van der Waals surface area contributed by atoms with E-state index in [2.05, 4.69) is 37.0 Å². The van der Waals surface area contributed by atoms with Crippen molar-refractivity contribution >= 4 is 16.8 Å². The fourth-order valence-corrected chi connectivity index (χ4v) is 2.99. The highest BCUT2D eigenvalue weighted by atomic mass is 16.2.